The Morgan fingerprint density at radius 1 is 1.38 bits per heavy atom. The zero-order valence-corrected chi connectivity index (χ0v) is 9.18. The molecule has 0 saturated heterocycles. The zero-order chi connectivity index (χ0) is 10.1. The highest BCUT2D eigenvalue weighted by atomic mass is 16.5. The predicted molar refractivity (Wildman–Crippen MR) is 57.9 cm³/mol. The van der Waals surface area contributed by atoms with E-state index in [1.807, 2.05) is 6.08 Å². The van der Waals surface area contributed by atoms with E-state index < -0.39 is 0 Å². The maximum atomic E-state index is 5.44. The van der Waals surface area contributed by atoms with Crippen LogP contribution < -0.4 is 5.32 Å². The second kappa shape index (κ2) is 8.27. The minimum absolute atomic E-state index is 0.407. The van der Waals surface area contributed by atoms with Crippen molar-refractivity contribution < 1.29 is 4.74 Å². The summed E-state index contributed by atoms with van der Waals surface area (Å²) in [4.78, 5) is 0. The second-order valence-corrected chi connectivity index (χ2v) is 3.80. The summed E-state index contributed by atoms with van der Waals surface area (Å²) in [6.45, 7) is 12.9. The van der Waals surface area contributed by atoms with Gasteiger partial charge in [-0.3, -0.25) is 0 Å². The normalized spacial score (nSPS) is 13.2. The van der Waals surface area contributed by atoms with Crippen LogP contribution in [0.5, 0.6) is 0 Å². The molecule has 0 aromatic heterocycles. The molecular weight excluding hydrogens is 162 g/mol. The van der Waals surface area contributed by atoms with Gasteiger partial charge in [0.1, 0.15) is 0 Å². The Morgan fingerprint density at radius 3 is 2.62 bits per heavy atom. The summed E-state index contributed by atoms with van der Waals surface area (Å²) >= 11 is 0. The van der Waals surface area contributed by atoms with Crippen molar-refractivity contribution in [3.05, 3.63) is 12.7 Å². The molecule has 0 aromatic rings. The first-order valence-corrected chi connectivity index (χ1v) is 5.10. The fraction of sp³-hybridized carbons (Fsp3) is 0.818. The van der Waals surface area contributed by atoms with Crippen LogP contribution in [0.1, 0.15) is 27.2 Å². The SMILES string of the molecule is C=CC(C)NCCCOCC(C)C. The third kappa shape index (κ3) is 9.57. The quantitative estimate of drug-likeness (QED) is 0.462. The molecule has 0 radical (unpaired) electrons. The Kier molecular flexibility index (Phi) is 8.05. The average molecular weight is 185 g/mol. The van der Waals surface area contributed by atoms with E-state index in [1.54, 1.807) is 0 Å². The van der Waals surface area contributed by atoms with Gasteiger partial charge in [-0.1, -0.05) is 19.9 Å². The summed E-state index contributed by atoms with van der Waals surface area (Å²) < 4.78 is 5.44. The van der Waals surface area contributed by atoms with Crippen LogP contribution in [-0.4, -0.2) is 25.8 Å². The van der Waals surface area contributed by atoms with Gasteiger partial charge in [0.2, 0.25) is 0 Å². The molecular formula is C11H23NO. The number of hydrogen-bond acceptors (Lipinski definition) is 2. The van der Waals surface area contributed by atoms with Crippen LogP contribution in [0.2, 0.25) is 0 Å². The van der Waals surface area contributed by atoms with Crippen LogP contribution >= 0.6 is 0 Å². The van der Waals surface area contributed by atoms with E-state index in [0.717, 1.165) is 26.2 Å². The lowest BCUT2D eigenvalue weighted by molar-refractivity contribution is 0.108. The van der Waals surface area contributed by atoms with Crippen LogP contribution in [-0.2, 0) is 4.74 Å². The largest absolute Gasteiger partial charge is 0.381 e. The van der Waals surface area contributed by atoms with E-state index >= 15 is 0 Å². The molecule has 78 valence electrons. The van der Waals surface area contributed by atoms with Crippen molar-refractivity contribution in [2.24, 2.45) is 5.92 Å². The number of ether oxygens (including phenoxy) is 1. The molecule has 0 fully saturated rings. The maximum absolute atomic E-state index is 5.44. The molecule has 0 aliphatic rings. The minimum atomic E-state index is 0.407. The Morgan fingerprint density at radius 2 is 2.08 bits per heavy atom. The average Bonchev–Trinajstić information content (AvgIpc) is 2.10. The van der Waals surface area contributed by atoms with Crippen LogP contribution in [0, 0.1) is 5.92 Å². The third-order valence-electron chi connectivity index (χ3n) is 1.74. The highest BCUT2D eigenvalue weighted by Gasteiger charge is 1.95. The molecule has 0 spiro atoms. The van der Waals surface area contributed by atoms with Crippen LogP contribution in [0.4, 0.5) is 0 Å². The highest BCUT2D eigenvalue weighted by molar-refractivity contribution is 4.80. The first kappa shape index (κ1) is 12.7. The van der Waals surface area contributed by atoms with E-state index in [0.29, 0.717) is 12.0 Å². The van der Waals surface area contributed by atoms with Crippen LogP contribution in [0.25, 0.3) is 0 Å². The van der Waals surface area contributed by atoms with Crippen molar-refractivity contribution in [3.63, 3.8) is 0 Å². The molecule has 0 aliphatic carbocycles. The van der Waals surface area contributed by atoms with Gasteiger partial charge in [0.15, 0.2) is 0 Å². The molecule has 1 atom stereocenters. The number of rotatable bonds is 8. The highest BCUT2D eigenvalue weighted by Crippen LogP contribution is 1.93. The summed E-state index contributed by atoms with van der Waals surface area (Å²) in [5.74, 6) is 0.639. The Hall–Kier alpha value is -0.340. The number of hydrogen-bond donors (Lipinski definition) is 1. The van der Waals surface area contributed by atoms with Gasteiger partial charge in [-0.05, 0) is 25.8 Å². The molecule has 2 heteroatoms. The summed E-state index contributed by atoms with van der Waals surface area (Å²) in [6.07, 6.45) is 2.99. The van der Waals surface area contributed by atoms with E-state index in [9.17, 15) is 0 Å². The van der Waals surface area contributed by atoms with E-state index in [2.05, 4.69) is 32.7 Å². The molecule has 0 aliphatic heterocycles. The lowest BCUT2D eigenvalue weighted by Crippen LogP contribution is -2.25. The van der Waals surface area contributed by atoms with E-state index in [1.165, 1.54) is 0 Å². The molecule has 0 bridgehead atoms. The third-order valence-corrected chi connectivity index (χ3v) is 1.74. The second-order valence-electron chi connectivity index (χ2n) is 3.80. The van der Waals surface area contributed by atoms with Gasteiger partial charge >= 0.3 is 0 Å². The Bertz CT molecular complexity index is 123. The van der Waals surface area contributed by atoms with Crippen LogP contribution in [0.15, 0.2) is 12.7 Å². The molecule has 1 N–H and O–H groups in total. The monoisotopic (exact) mass is 185 g/mol. The molecule has 0 aromatic carbocycles. The van der Waals surface area contributed by atoms with Gasteiger partial charge in [0, 0.05) is 19.3 Å². The van der Waals surface area contributed by atoms with Gasteiger partial charge < -0.3 is 10.1 Å². The fourth-order valence-electron chi connectivity index (χ4n) is 0.906. The summed E-state index contributed by atoms with van der Waals surface area (Å²) in [7, 11) is 0. The summed E-state index contributed by atoms with van der Waals surface area (Å²) in [5, 5.41) is 3.32. The summed E-state index contributed by atoms with van der Waals surface area (Å²) in [6, 6.07) is 0.407. The molecule has 13 heavy (non-hydrogen) atoms. The fourth-order valence-corrected chi connectivity index (χ4v) is 0.906. The van der Waals surface area contributed by atoms with Crippen molar-refractivity contribution in [2.45, 2.75) is 33.2 Å². The zero-order valence-electron chi connectivity index (χ0n) is 9.18. The predicted octanol–water partition coefficient (Wildman–Crippen LogP) is 2.21. The van der Waals surface area contributed by atoms with Gasteiger partial charge in [-0.25, -0.2) is 0 Å². The van der Waals surface area contributed by atoms with Crippen molar-refractivity contribution in [3.8, 4) is 0 Å². The van der Waals surface area contributed by atoms with E-state index in [-0.39, 0.29) is 0 Å². The Labute approximate surface area is 82.4 Å². The summed E-state index contributed by atoms with van der Waals surface area (Å²) in [5.41, 5.74) is 0. The van der Waals surface area contributed by atoms with Crippen molar-refractivity contribution >= 4 is 0 Å². The standard InChI is InChI=1S/C11H23NO/c1-5-11(4)12-7-6-8-13-9-10(2)3/h5,10-12H,1,6-9H2,2-4H3. The topological polar surface area (TPSA) is 21.3 Å². The molecule has 0 rings (SSSR count). The molecule has 1 unspecified atom stereocenters. The molecule has 0 saturated carbocycles. The minimum Gasteiger partial charge on any atom is -0.381 e. The lowest BCUT2D eigenvalue weighted by atomic mass is 10.2. The smallest absolute Gasteiger partial charge is 0.0489 e. The Balaban J connectivity index is 3.03. The van der Waals surface area contributed by atoms with Crippen LogP contribution in [0.3, 0.4) is 0 Å². The van der Waals surface area contributed by atoms with Gasteiger partial charge in [-0.15, -0.1) is 6.58 Å². The first-order chi connectivity index (χ1) is 6.16. The molecule has 0 amide bonds. The van der Waals surface area contributed by atoms with E-state index in [4.69, 9.17) is 4.74 Å². The number of nitrogens with one attached hydrogen (secondary N) is 1. The van der Waals surface area contributed by atoms with Crippen molar-refractivity contribution in [1.29, 1.82) is 0 Å². The van der Waals surface area contributed by atoms with Gasteiger partial charge in [-0.2, -0.15) is 0 Å². The lowest BCUT2D eigenvalue weighted by Gasteiger charge is -2.09. The molecule has 0 heterocycles. The van der Waals surface area contributed by atoms with Crippen molar-refractivity contribution in [1.82, 2.24) is 5.32 Å². The molecule has 2 nitrogen and oxygen atoms in total. The van der Waals surface area contributed by atoms with Crippen molar-refractivity contribution in [2.75, 3.05) is 19.8 Å². The first-order valence-electron chi connectivity index (χ1n) is 5.10. The maximum Gasteiger partial charge on any atom is 0.0489 e. The van der Waals surface area contributed by atoms with Gasteiger partial charge in [0.05, 0.1) is 0 Å². The van der Waals surface area contributed by atoms with Gasteiger partial charge in [0.25, 0.3) is 0 Å².